The van der Waals surface area contributed by atoms with E-state index in [9.17, 15) is 18.0 Å². The maximum absolute atomic E-state index is 12.5. The van der Waals surface area contributed by atoms with Crippen LogP contribution >= 0.6 is 11.6 Å². The molecule has 0 saturated heterocycles. The van der Waals surface area contributed by atoms with E-state index in [4.69, 9.17) is 11.6 Å². The van der Waals surface area contributed by atoms with E-state index in [1.54, 1.807) is 0 Å². The molecule has 1 atom stereocenters. The van der Waals surface area contributed by atoms with Crippen molar-refractivity contribution < 1.29 is 18.0 Å². The van der Waals surface area contributed by atoms with Crippen LogP contribution < -0.4 is 15.4 Å². The quantitative estimate of drug-likeness (QED) is 0.635. The van der Waals surface area contributed by atoms with Gasteiger partial charge in [-0.2, -0.15) is 0 Å². The van der Waals surface area contributed by atoms with Gasteiger partial charge < -0.3 is 10.6 Å². The predicted molar refractivity (Wildman–Crippen MR) is 108 cm³/mol. The topological polar surface area (TPSA) is 104 Å². The van der Waals surface area contributed by atoms with Gasteiger partial charge in [0, 0.05) is 12.1 Å². The van der Waals surface area contributed by atoms with Gasteiger partial charge >= 0.3 is 6.03 Å². The molecule has 2 aromatic carbocycles. The number of amides is 3. The van der Waals surface area contributed by atoms with Crippen LogP contribution in [0.15, 0.2) is 53.4 Å². The lowest BCUT2D eigenvalue weighted by atomic mass is 10.1. The Bertz CT molecular complexity index is 949. The number of carbonyl (C=O) groups excluding carboxylic acids is 2. The van der Waals surface area contributed by atoms with Crippen LogP contribution in [0.5, 0.6) is 0 Å². The van der Waals surface area contributed by atoms with Crippen molar-refractivity contribution in [3.05, 3.63) is 64.7 Å². The van der Waals surface area contributed by atoms with Crippen molar-refractivity contribution in [3.8, 4) is 0 Å². The molecule has 0 aromatic heterocycles. The number of carbonyl (C=O) groups is 2. The van der Waals surface area contributed by atoms with Crippen molar-refractivity contribution in [2.75, 3.05) is 6.54 Å². The van der Waals surface area contributed by atoms with Crippen LogP contribution in [0, 0.1) is 0 Å². The molecule has 7 nitrogen and oxygen atoms in total. The third kappa shape index (κ3) is 5.71. The Hall–Kier alpha value is -2.58. The summed E-state index contributed by atoms with van der Waals surface area (Å²) in [4.78, 5) is 23.9. The van der Waals surface area contributed by atoms with Crippen LogP contribution in [-0.2, 0) is 10.0 Å². The van der Waals surface area contributed by atoms with E-state index in [0.29, 0.717) is 13.0 Å². The number of hydrogen-bond acceptors (Lipinski definition) is 4. The Kier molecular flexibility index (Phi) is 7.42. The second-order valence-electron chi connectivity index (χ2n) is 6.11. The number of hydrogen-bond donors (Lipinski definition) is 3. The molecule has 2 rings (SSSR count). The molecule has 0 heterocycles. The average molecular weight is 424 g/mol. The molecule has 0 unspecified atom stereocenters. The highest BCUT2D eigenvalue weighted by atomic mass is 35.5. The summed E-state index contributed by atoms with van der Waals surface area (Å²) in [6.07, 6.45) is 0.656. The van der Waals surface area contributed by atoms with Crippen LogP contribution in [0.4, 0.5) is 4.79 Å². The lowest BCUT2D eigenvalue weighted by molar-refractivity contribution is 0.0939. The summed E-state index contributed by atoms with van der Waals surface area (Å²) in [5.74, 6) is -0.458. The molecule has 9 heteroatoms. The minimum atomic E-state index is -4.23. The van der Waals surface area contributed by atoms with Crippen LogP contribution in [0.1, 0.15) is 42.2 Å². The average Bonchev–Trinajstić information content (AvgIpc) is 2.66. The van der Waals surface area contributed by atoms with Crippen LogP contribution in [0.25, 0.3) is 0 Å². The fraction of sp³-hybridized carbons (Fsp3) is 0.263. The molecular weight excluding hydrogens is 402 g/mol. The highest BCUT2D eigenvalue weighted by molar-refractivity contribution is 7.90. The zero-order valence-corrected chi connectivity index (χ0v) is 17.1. The van der Waals surface area contributed by atoms with Gasteiger partial charge in [-0.1, -0.05) is 48.9 Å². The normalized spacial score (nSPS) is 12.1. The zero-order chi connectivity index (χ0) is 20.7. The van der Waals surface area contributed by atoms with Gasteiger partial charge in [-0.3, -0.25) is 4.79 Å². The van der Waals surface area contributed by atoms with E-state index in [1.807, 2.05) is 48.9 Å². The second kappa shape index (κ2) is 9.57. The van der Waals surface area contributed by atoms with E-state index < -0.39 is 22.0 Å². The summed E-state index contributed by atoms with van der Waals surface area (Å²) in [6, 6.07) is 12.1. The first-order valence-corrected chi connectivity index (χ1v) is 10.6. The monoisotopic (exact) mass is 423 g/mol. The highest BCUT2D eigenvalue weighted by Gasteiger charge is 2.23. The molecule has 150 valence electrons. The standard InChI is InChI=1S/C19H22ClN3O4S/c1-3-11-21-19(25)23-28(26,27)17-12-15(9-10-16(17)20)18(24)22-13(2)14-7-5-4-6-8-14/h4-10,12-13H,3,11H2,1-2H3,(H,22,24)(H2,21,23,25)/t13-/m0/s1. The molecule has 28 heavy (non-hydrogen) atoms. The van der Waals surface area contributed by atoms with Crippen molar-refractivity contribution in [3.63, 3.8) is 0 Å². The number of sulfonamides is 1. The van der Waals surface area contributed by atoms with Gasteiger partial charge in [0.15, 0.2) is 0 Å². The molecular formula is C19H22ClN3O4S. The number of halogens is 1. The number of nitrogens with one attached hydrogen (secondary N) is 3. The largest absolute Gasteiger partial charge is 0.346 e. The summed E-state index contributed by atoms with van der Waals surface area (Å²) in [5, 5.41) is 5.12. The minimum absolute atomic E-state index is 0.0940. The summed E-state index contributed by atoms with van der Waals surface area (Å²) in [7, 11) is -4.23. The SMILES string of the molecule is CCCNC(=O)NS(=O)(=O)c1cc(C(=O)N[C@@H](C)c2ccccc2)ccc1Cl. The van der Waals surface area contributed by atoms with Crippen LogP contribution in [0.2, 0.25) is 5.02 Å². The summed E-state index contributed by atoms with van der Waals surface area (Å²) in [6.45, 7) is 3.99. The van der Waals surface area contributed by atoms with Gasteiger partial charge in [-0.05, 0) is 37.1 Å². The van der Waals surface area contributed by atoms with Crippen molar-refractivity contribution in [1.29, 1.82) is 0 Å². The number of urea groups is 1. The second-order valence-corrected chi connectivity index (χ2v) is 8.17. The summed E-state index contributed by atoms with van der Waals surface area (Å²) >= 11 is 5.99. The zero-order valence-electron chi connectivity index (χ0n) is 15.5. The van der Waals surface area contributed by atoms with Gasteiger partial charge in [-0.25, -0.2) is 17.9 Å². The van der Waals surface area contributed by atoms with Crippen molar-refractivity contribution in [2.24, 2.45) is 0 Å². The molecule has 0 aliphatic carbocycles. The molecule has 3 N–H and O–H groups in total. The lowest BCUT2D eigenvalue weighted by Gasteiger charge is -2.15. The Morgan fingerprint density at radius 1 is 1.11 bits per heavy atom. The molecule has 0 bridgehead atoms. The van der Waals surface area contributed by atoms with Gasteiger partial charge in [0.2, 0.25) is 0 Å². The van der Waals surface area contributed by atoms with E-state index in [-0.39, 0.29) is 21.5 Å². The lowest BCUT2D eigenvalue weighted by Crippen LogP contribution is -2.39. The van der Waals surface area contributed by atoms with E-state index >= 15 is 0 Å². The smallest absolute Gasteiger partial charge is 0.328 e. The molecule has 0 aliphatic heterocycles. The highest BCUT2D eigenvalue weighted by Crippen LogP contribution is 2.23. The third-order valence-electron chi connectivity index (χ3n) is 3.89. The van der Waals surface area contributed by atoms with Crippen molar-refractivity contribution >= 4 is 33.6 Å². The number of benzene rings is 2. The molecule has 0 fully saturated rings. The molecule has 3 amide bonds. The third-order valence-corrected chi connectivity index (χ3v) is 5.71. The van der Waals surface area contributed by atoms with Gasteiger partial charge in [0.25, 0.3) is 15.9 Å². The number of rotatable bonds is 7. The minimum Gasteiger partial charge on any atom is -0.346 e. The fourth-order valence-electron chi connectivity index (χ4n) is 2.41. The maximum Gasteiger partial charge on any atom is 0.328 e. The first-order valence-electron chi connectivity index (χ1n) is 8.70. The van der Waals surface area contributed by atoms with E-state index in [1.165, 1.54) is 12.1 Å². The fourth-order valence-corrected chi connectivity index (χ4v) is 3.86. The summed E-state index contributed by atoms with van der Waals surface area (Å²) < 4.78 is 26.8. The Morgan fingerprint density at radius 3 is 2.43 bits per heavy atom. The Balaban J connectivity index is 2.20. The van der Waals surface area contributed by atoms with Gasteiger partial charge in [0.05, 0.1) is 11.1 Å². The van der Waals surface area contributed by atoms with Gasteiger partial charge in [0.1, 0.15) is 4.90 Å². The van der Waals surface area contributed by atoms with Crippen LogP contribution in [-0.4, -0.2) is 26.9 Å². The van der Waals surface area contributed by atoms with Crippen molar-refractivity contribution in [2.45, 2.75) is 31.2 Å². The Labute approximate surface area is 169 Å². The predicted octanol–water partition coefficient (Wildman–Crippen LogP) is 3.23. The van der Waals surface area contributed by atoms with E-state index in [0.717, 1.165) is 11.6 Å². The molecule has 0 spiro atoms. The Morgan fingerprint density at radius 2 is 1.79 bits per heavy atom. The molecule has 2 aromatic rings. The van der Waals surface area contributed by atoms with Crippen molar-refractivity contribution in [1.82, 2.24) is 15.4 Å². The van der Waals surface area contributed by atoms with Crippen LogP contribution in [0.3, 0.4) is 0 Å². The van der Waals surface area contributed by atoms with E-state index in [2.05, 4.69) is 10.6 Å². The molecule has 0 aliphatic rings. The molecule has 0 saturated carbocycles. The van der Waals surface area contributed by atoms with Gasteiger partial charge in [-0.15, -0.1) is 0 Å². The first kappa shape index (κ1) is 21.7. The first-order chi connectivity index (χ1) is 13.2. The summed E-state index contributed by atoms with van der Waals surface area (Å²) in [5.41, 5.74) is 1.02. The molecule has 0 radical (unpaired) electrons. The maximum atomic E-state index is 12.5.